The van der Waals surface area contributed by atoms with Crippen molar-refractivity contribution in [2.45, 2.75) is 43.9 Å². The van der Waals surface area contributed by atoms with Gasteiger partial charge in [0.05, 0.1) is 22.1 Å². The van der Waals surface area contributed by atoms with E-state index in [1.807, 2.05) is 13.0 Å². The lowest BCUT2D eigenvalue weighted by Crippen LogP contribution is -2.31. The number of nitriles is 1. The number of carbonyl (C=O) groups is 4. The van der Waals surface area contributed by atoms with Crippen LogP contribution in [0.5, 0.6) is 0 Å². The van der Waals surface area contributed by atoms with Crippen LogP contribution in [0, 0.1) is 24.2 Å². The van der Waals surface area contributed by atoms with Crippen molar-refractivity contribution in [1.29, 1.82) is 5.26 Å². The van der Waals surface area contributed by atoms with E-state index in [1.54, 1.807) is 30.3 Å². The van der Waals surface area contributed by atoms with Crippen molar-refractivity contribution in [3.63, 3.8) is 0 Å². The number of aryl methyl sites for hydroxylation is 1. The van der Waals surface area contributed by atoms with E-state index in [9.17, 15) is 24.4 Å². The Bertz CT molecular complexity index is 1460. The van der Waals surface area contributed by atoms with Gasteiger partial charge in [0.15, 0.2) is 12.4 Å². The van der Waals surface area contributed by atoms with Gasteiger partial charge in [-0.3, -0.25) is 14.4 Å². The smallest absolute Gasteiger partial charge is 0.338 e. The largest absolute Gasteiger partial charge is 0.454 e. The number of pyridine rings is 1. The highest BCUT2D eigenvalue weighted by atomic mass is 32.2. The Balaban J connectivity index is 1.41. The minimum atomic E-state index is -0.719. The summed E-state index contributed by atoms with van der Waals surface area (Å²) in [4.78, 5) is 56.3. The van der Waals surface area contributed by atoms with Crippen LogP contribution in [0.3, 0.4) is 0 Å². The molecule has 3 aromatic rings. The Morgan fingerprint density at radius 3 is 2.36 bits per heavy atom. The van der Waals surface area contributed by atoms with E-state index in [4.69, 9.17) is 4.74 Å². The molecule has 1 aliphatic heterocycles. The molecule has 1 atom stereocenters. The van der Waals surface area contributed by atoms with Crippen molar-refractivity contribution in [3.8, 4) is 6.07 Å². The molecule has 1 aromatic heterocycles. The van der Waals surface area contributed by atoms with E-state index >= 15 is 0 Å². The van der Waals surface area contributed by atoms with Gasteiger partial charge in [0.1, 0.15) is 11.1 Å². The number of benzene rings is 2. The number of ether oxygens (including phenoxy) is 1. The average molecular weight is 542 g/mol. The van der Waals surface area contributed by atoms with E-state index in [0.29, 0.717) is 27.8 Å². The number of nitrogens with zero attached hydrogens (tertiary/aromatic N) is 3. The summed E-state index contributed by atoms with van der Waals surface area (Å²) >= 11 is 1.12. The maximum absolute atomic E-state index is 13.2. The molecule has 0 N–H and O–H groups in total. The Morgan fingerprint density at radius 2 is 1.72 bits per heavy atom. The summed E-state index contributed by atoms with van der Waals surface area (Å²) in [6, 6.07) is 18.4. The second-order valence-electron chi connectivity index (χ2n) is 9.66. The molecule has 2 amide bonds. The Kier molecular flexibility index (Phi) is 8.57. The van der Waals surface area contributed by atoms with Crippen molar-refractivity contribution in [2.75, 3.05) is 11.5 Å². The highest BCUT2D eigenvalue weighted by molar-refractivity contribution is 8.00. The molecular formula is C30H27N3O5S. The minimum absolute atomic E-state index is 0.0324. The summed E-state index contributed by atoms with van der Waals surface area (Å²) in [5.41, 5.74) is 3.15. The van der Waals surface area contributed by atoms with Crippen LogP contribution in [-0.4, -0.2) is 40.4 Å². The second-order valence-corrected chi connectivity index (χ2v) is 10.8. The highest BCUT2D eigenvalue weighted by Gasteiger charge is 2.40. The van der Waals surface area contributed by atoms with Gasteiger partial charge in [-0.05, 0) is 55.7 Å². The fourth-order valence-electron chi connectivity index (χ4n) is 4.07. The van der Waals surface area contributed by atoms with Crippen LogP contribution in [-0.2, 0) is 20.7 Å². The zero-order valence-corrected chi connectivity index (χ0v) is 22.7. The van der Waals surface area contributed by atoms with Crippen molar-refractivity contribution < 1.29 is 23.9 Å². The number of aromatic nitrogens is 1. The molecule has 4 rings (SSSR count). The Hall–Kier alpha value is -4.29. The first-order chi connectivity index (χ1) is 18.7. The second kappa shape index (κ2) is 12.0. The van der Waals surface area contributed by atoms with Gasteiger partial charge in [-0.1, -0.05) is 55.4 Å². The third kappa shape index (κ3) is 6.59. The Morgan fingerprint density at radius 1 is 1.05 bits per heavy atom. The van der Waals surface area contributed by atoms with Gasteiger partial charge in [-0.15, -0.1) is 0 Å². The summed E-state index contributed by atoms with van der Waals surface area (Å²) in [6.45, 7) is 5.65. The number of carbonyl (C=O) groups excluding carboxylic acids is 4. The molecule has 1 fully saturated rings. The van der Waals surface area contributed by atoms with Crippen LogP contribution >= 0.6 is 11.8 Å². The zero-order chi connectivity index (χ0) is 28.1. The number of hydrogen-bond donors (Lipinski definition) is 0. The van der Waals surface area contributed by atoms with Crippen molar-refractivity contribution >= 4 is 41.0 Å². The van der Waals surface area contributed by atoms with Crippen molar-refractivity contribution in [1.82, 2.24) is 4.98 Å². The van der Waals surface area contributed by atoms with Crippen LogP contribution in [0.1, 0.15) is 57.8 Å². The van der Waals surface area contributed by atoms with E-state index in [2.05, 4.69) is 24.9 Å². The standard InChI is InChI=1S/C30H27N3O5S/c1-18(2)14-23-11-8-22(16-31)28(32-23)39-26-15-27(35)33(29(26)36)24-12-9-21(10-13-24)30(37)38-17-25(34)20-6-4-19(3)5-7-20/h4-13,18,26H,14-15,17H2,1-3H3. The number of Topliss-reactive ketones (excluding diaryl/α,β-unsaturated/α-hetero) is 1. The number of hydrogen-bond acceptors (Lipinski definition) is 8. The monoisotopic (exact) mass is 541 g/mol. The molecule has 0 aliphatic carbocycles. The lowest BCUT2D eigenvalue weighted by molar-refractivity contribution is -0.121. The summed E-state index contributed by atoms with van der Waals surface area (Å²) in [7, 11) is 0. The highest BCUT2D eigenvalue weighted by Crippen LogP contribution is 2.35. The number of imide groups is 1. The van der Waals surface area contributed by atoms with Gasteiger partial charge >= 0.3 is 5.97 Å². The van der Waals surface area contributed by atoms with Crippen LogP contribution in [0.2, 0.25) is 0 Å². The van der Waals surface area contributed by atoms with Crippen LogP contribution in [0.4, 0.5) is 5.69 Å². The minimum Gasteiger partial charge on any atom is -0.454 e. The quantitative estimate of drug-likeness (QED) is 0.213. The van der Waals surface area contributed by atoms with Gasteiger partial charge in [0, 0.05) is 17.7 Å². The molecule has 0 spiro atoms. The first-order valence-electron chi connectivity index (χ1n) is 12.5. The summed E-state index contributed by atoms with van der Waals surface area (Å²) in [6.07, 6.45) is 0.702. The van der Waals surface area contributed by atoms with E-state index in [1.165, 1.54) is 24.3 Å². The maximum Gasteiger partial charge on any atom is 0.338 e. The number of amides is 2. The first kappa shape index (κ1) is 27.7. The lowest BCUT2D eigenvalue weighted by Gasteiger charge is -2.15. The molecule has 39 heavy (non-hydrogen) atoms. The number of ketones is 1. The third-order valence-corrected chi connectivity index (χ3v) is 7.27. The van der Waals surface area contributed by atoms with Gasteiger partial charge in [-0.25, -0.2) is 14.7 Å². The number of thioether (sulfide) groups is 1. The topological polar surface area (TPSA) is 117 Å². The number of anilines is 1. The van der Waals surface area contributed by atoms with Gasteiger partial charge in [0.25, 0.3) is 0 Å². The van der Waals surface area contributed by atoms with Crippen LogP contribution < -0.4 is 4.90 Å². The molecule has 1 unspecified atom stereocenters. The predicted octanol–water partition coefficient (Wildman–Crippen LogP) is 4.92. The predicted molar refractivity (Wildman–Crippen MR) is 146 cm³/mol. The average Bonchev–Trinajstić information content (AvgIpc) is 3.19. The van der Waals surface area contributed by atoms with E-state index in [-0.39, 0.29) is 23.7 Å². The van der Waals surface area contributed by atoms with Crippen LogP contribution in [0.25, 0.3) is 0 Å². The van der Waals surface area contributed by atoms with Crippen molar-refractivity contribution in [3.05, 3.63) is 88.6 Å². The molecular weight excluding hydrogens is 514 g/mol. The van der Waals surface area contributed by atoms with Crippen LogP contribution in [0.15, 0.2) is 65.7 Å². The molecule has 1 saturated heterocycles. The molecule has 0 bridgehead atoms. The maximum atomic E-state index is 13.2. The molecule has 1 aliphatic rings. The van der Waals surface area contributed by atoms with Gasteiger partial charge < -0.3 is 4.74 Å². The molecule has 0 radical (unpaired) electrons. The molecule has 9 heteroatoms. The number of esters is 1. The first-order valence-corrected chi connectivity index (χ1v) is 13.3. The third-order valence-electron chi connectivity index (χ3n) is 6.08. The summed E-state index contributed by atoms with van der Waals surface area (Å²) in [5, 5.41) is 9.21. The fourth-order valence-corrected chi connectivity index (χ4v) is 5.18. The SMILES string of the molecule is Cc1ccc(C(=O)COC(=O)c2ccc(N3C(=O)CC(Sc4nc(CC(C)C)ccc4C#N)C3=O)cc2)cc1. The van der Waals surface area contributed by atoms with Gasteiger partial charge in [0.2, 0.25) is 11.8 Å². The molecule has 2 heterocycles. The fraction of sp³-hybridized carbons (Fsp3) is 0.267. The van der Waals surface area contributed by atoms with E-state index in [0.717, 1.165) is 34.3 Å². The Labute approximate surface area is 231 Å². The van der Waals surface area contributed by atoms with Gasteiger partial charge in [-0.2, -0.15) is 5.26 Å². The molecule has 198 valence electrons. The number of rotatable bonds is 9. The normalized spacial score (nSPS) is 14.9. The zero-order valence-electron chi connectivity index (χ0n) is 21.8. The van der Waals surface area contributed by atoms with Crippen molar-refractivity contribution in [2.24, 2.45) is 5.92 Å². The summed E-state index contributed by atoms with van der Waals surface area (Å²) < 4.78 is 5.15. The molecule has 8 nitrogen and oxygen atoms in total. The lowest BCUT2D eigenvalue weighted by atomic mass is 10.1. The molecule has 2 aromatic carbocycles. The summed E-state index contributed by atoms with van der Waals surface area (Å²) in [5.74, 6) is -1.42. The molecule has 0 saturated carbocycles. The van der Waals surface area contributed by atoms with E-state index < -0.39 is 23.7 Å².